The van der Waals surface area contributed by atoms with Crippen LogP contribution >= 0.6 is 0 Å². The van der Waals surface area contributed by atoms with E-state index >= 15 is 0 Å². The van der Waals surface area contributed by atoms with Gasteiger partial charge < -0.3 is 19.9 Å². The van der Waals surface area contributed by atoms with E-state index in [1.165, 1.54) is 0 Å². The average Bonchev–Trinajstić information content (AvgIpc) is 2.98. The zero-order valence-electron chi connectivity index (χ0n) is 11.8. The summed E-state index contributed by atoms with van der Waals surface area (Å²) < 4.78 is 10.6. The highest BCUT2D eigenvalue weighted by atomic mass is 16.7. The Morgan fingerprint density at radius 2 is 2.00 bits per heavy atom. The Bertz CT molecular complexity index is 578. The standard InChI is InChI=1S/C16H19NO4/c18-11-3-5-16(6-4-11)8-12(16)15(19)17-10-1-2-13-14(7-10)21-9-20-13/h1-2,7,11-12,18H,3-6,8-9H2,(H,17,19). The van der Waals surface area contributed by atoms with Gasteiger partial charge in [0.25, 0.3) is 0 Å². The van der Waals surface area contributed by atoms with Crippen LogP contribution < -0.4 is 14.8 Å². The predicted molar refractivity (Wildman–Crippen MR) is 76.2 cm³/mol. The van der Waals surface area contributed by atoms with Crippen molar-refractivity contribution in [2.24, 2.45) is 11.3 Å². The van der Waals surface area contributed by atoms with Crippen LogP contribution in [-0.2, 0) is 4.79 Å². The molecule has 0 radical (unpaired) electrons. The van der Waals surface area contributed by atoms with Crippen LogP contribution in [0, 0.1) is 11.3 Å². The molecule has 1 aromatic rings. The van der Waals surface area contributed by atoms with Crippen molar-refractivity contribution in [3.63, 3.8) is 0 Å². The molecule has 1 heterocycles. The van der Waals surface area contributed by atoms with Gasteiger partial charge >= 0.3 is 0 Å². The fourth-order valence-electron chi connectivity index (χ4n) is 3.65. The first-order valence-corrected chi connectivity index (χ1v) is 7.55. The summed E-state index contributed by atoms with van der Waals surface area (Å²) in [7, 11) is 0. The first-order chi connectivity index (χ1) is 10.2. The molecule has 1 aliphatic heterocycles. The second-order valence-electron chi connectivity index (χ2n) is 6.41. The van der Waals surface area contributed by atoms with E-state index in [1.807, 2.05) is 12.1 Å². The molecule has 0 saturated heterocycles. The minimum absolute atomic E-state index is 0.0882. The second kappa shape index (κ2) is 4.63. The summed E-state index contributed by atoms with van der Waals surface area (Å²) in [4.78, 5) is 12.4. The number of rotatable bonds is 2. The van der Waals surface area contributed by atoms with Crippen molar-refractivity contribution >= 4 is 11.6 Å². The van der Waals surface area contributed by atoms with E-state index in [2.05, 4.69) is 5.32 Å². The maximum atomic E-state index is 12.4. The van der Waals surface area contributed by atoms with E-state index in [1.54, 1.807) is 6.07 Å². The molecule has 2 N–H and O–H groups in total. The molecule has 2 fully saturated rings. The molecular weight excluding hydrogens is 270 g/mol. The van der Waals surface area contributed by atoms with Gasteiger partial charge in [0.15, 0.2) is 11.5 Å². The van der Waals surface area contributed by atoms with Gasteiger partial charge in [0.1, 0.15) is 0 Å². The Kier molecular flexibility index (Phi) is 2.85. The topological polar surface area (TPSA) is 67.8 Å². The van der Waals surface area contributed by atoms with Crippen LogP contribution in [0.5, 0.6) is 11.5 Å². The summed E-state index contributed by atoms with van der Waals surface area (Å²) in [5, 5.41) is 12.6. The lowest BCUT2D eigenvalue weighted by Crippen LogP contribution is -2.24. The molecule has 112 valence electrons. The SMILES string of the molecule is O=C(Nc1ccc2c(c1)OCO2)C1CC12CCC(O)CC2. The number of carbonyl (C=O) groups excluding carboxylic acids is 1. The molecule has 1 amide bonds. The third-order valence-corrected chi connectivity index (χ3v) is 5.10. The van der Waals surface area contributed by atoms with Crippen molar-refractivity contribution in [3.05, 3.63) is 18.2 Å². The summed E-state index contributed by atoms with van der Waals surface area (Å²) in [5.41, 5.74) is 0.904. The molecule has 3 aliphatic rings. The number of aliphatic hydroxyl groups is 1. The van der Waals surface area contributed by atoms with E-state index in [-0.39, 0.29) is 30.1 Å². The molecular formula is C16H19NO4. The first kappa shape index (κ1) is 13.0. The summed E-state index contributed by atoms with van der Waals surface area (Å²) >= 11 is 0. The summed E-state index contributed by atoms with van der Waals surface area (Å²) in [6.07, 6.45) is 4.37. The summed E-state index contributed by atoms with van der Waals surface area (Å²) in [6, 6.07) is 5.46. The van der Waals surface area contributed by atoms with Crippen molar-refractivity contribution in [2.75, 3.05) is 12.1 Å². The van der Waals surface area contributed by atoms with Gasteiger partial charge in [-0.3, -0.25) is 4.79 Å². The molecule has 1 unspecified atom stereocenters. The van der Waals surface area contributed by atoms with Crippen molar-refractivity contribution < 1.29 is 19.4 Å². The van der Waals surface area contributed by atoms with E-state index < -0.39 is 0 Å². The number of fused-ring (bicyclic) bond motifs is 1. The van der Waals surface area contributed by atoms with Crippen LogP contribution in [0.1, 0.15) is 32.1 Å². The van der Waals surface area contributed by atoms with Crippen LogP contribution in [0.25, 0.3) is 0 Å². The minimum atomic E-state index is -0.172. The number of nitrogens with one attached hydrogen (secondary N) is 1. The summed E-state index contributed by atoms with van der Waals surface area (Å²) in [5.74, 6) is 1.58. The maximum absolute atomic E-state index is 12.4. The number of ether oxygens (including phenoxy) is 2. The van der Waals surface area contributed by atoms with Crippen LogP contribution in [0.4, 0.5) is 5.69 Å². The Labute approximate surface area is 123 Å². The van der Waals surface area contributed by atoms with Gasteiger partial charge in [-0.05, 0) is 49.7 Å². The molecule has 21 heavy (non-hydrogen) atoms. The van der Waals surface area contributed by atoms with Gasteiger partial charge in [-0.1, -0.05) is 0 Å². The van der Waals surface area contributed by atoms with E-state index in [0.717, 1.165) is 43.5 Å². The lowest BCUT2D eigenvalue weighted by atomic mass is 9.83. The Morgan fingerprint density at radius 1 is 1.24 bits per heavy atom. The monoisotopic (exact) mass is 289 g/mol. The van der Waals surface area contributed by atoms with Gasteiger partial charge in [0, 0.05) is 17.7 Å². The second-order valence-corrected chi connectivity index (χ2v) is 6.41. The van der Waals surface area contributed by atoms with Crippen LogP contribution in [-0.4, -0.2) is 23.9 Å². The van der Waals surface area contributed by atoms with Crippen LogP contribution in [0.15, 0.2) is 18.2 Å². The molecule has 0 aromatic heterocycles. The van der Waals surface area contributed by atoms with Gasteiger partial charge in [-0.15, -0.1) is 0 Å². The Hall–Kier alpha value is -1.75. The first-order valence-electron chi connectivity index (χ1n) is 7.55. The number of benzene rings is 1. The number of hydrogen-bond acceptors (Lipinski definition) is 4. The Balaban J connectivity index is 1.41. The van der Waals surface area contributed by atoms with Gasteiger partial charge in [0.2, 0.25) is 12.7 Å². The molecule has 1 aromatic carbocycles. The van der Waals surface area contributed by atoms with Crippen LogP contribution in [0.3, 0.4) is 0 Å². The predicted octanol–water partition coefficient (Wildman–Crippen LogP) is 2.29. The van der Waals surface area contributed by atoms with Crippen molar-refractivity contribution in [1.29, 1.82) is 0 Å². The zero-order valence-corrected chi connectivity index (χ0v) is 11.8. The smallest absolute Gasteiger partial charge is 0.231 e. The van der Waals surface area contributed by atoms with Crippen molar-refractivity contribution in [1.82, 2.24) is 0 Å². The molecule has 5 heteroatoms. The van der Waals surface area contributed by atoms with E-state index in [9.17, 15) is 9.90 Å². The zero-order chi connectivity index (χ0) is 14.4. The molecule has 2 saturated carbocycles. The molecule has 2 aliphatic carbocycles. The highest BCUT2D eigenvalue weighted by molar-refractivity contribution is 5.95. The third kappa shape index (κ3) is 2.25. The quantitative estimate of drug-likeness (QED) is 0.876. The fourth-order valence-corrected chi connectivity index (χ4v) is 3.65. The van der Waals surface area contributed by atoms with E-state index in [4.69, 9.17) is 9.47 Å². The molecule has 1 atom stereocenters. The normalized spacial score (nSPS) is 33.0. The lowest BCUT2D eigenvalue weighted by Gasteiger charge is -2.26. The molecule has 1 spiro atoms. The van der Waals surface area contributed by atoms with Crippen LogP contribution in [0.2, 0.25) is 0 Å². The maximum Gasteiger partial charge on any atom is 0.231 e. The Morgan fingerprint density at radius 3 is 2.81 bits per heavy atom. The average molecular weight is 289 g/mol. The van der Waals surface area contributed by atoms with Gasteiger partial charge in [0.05, 0.1) is 6.10 Å². The number of hydrogen-bond donors (Lipinski definition) is 2. The lowest BCUT2D eigenvalue weighted by molar-refractivity contribution is -0.118. The number of anilines is 1. The largest absolute Gasteiger partial charge is 0.454 e. The highest BCUT2D eigenvalue weighted by Crippen LogP contribution is 2.61. The molecule has 5 nitrogen and oxygen atoms in total. The van der Waals surface area contributed by atoms with Gasteiger partial charge in [-0.25, -0.2) is 0 Å². The molecule has 4 rings (SSSR count). The highest BCUT2D eigenvalue weighted by Gasteiger charge is 2.58. The number of carbonyl (C=O) groups is 1. The fraction of sp³-hybridized carbons (Fsp3) is 0.562. The number of aliphatic hydroxyl groups excluding tert-OH is 1. The summed E-state index contributed by atoms with van der Waals surface area (Å²) in [6.45, 7) is 0.237. The molecule has 0 bridgehead atoms. The minimum Gasteiger partial charge on any atom is -0.454 e. The van der Waals surface area contributed by atoms with Crippen molar-refractivity contribution in [2.45, 2.75) is 38.2 Å². The number of amides is 1. The van der Waals surface area contributed by atoms with Gasteiger partial charge in [-0.2, -0.15) is 0 Å². The van der Waals surface area contributed by atoms with Crippen molar-refractivity contribution in [3.8, 4) is 11.5 Å². The van der Waals surface area contributed by atoms with E-state index in [0.29, 0.717) is 5.75 Å². The third-order valence-electron chi connectivity index (χ3n) is 5.10.